The van der Waals surface area contributed by atoms with Gasteiger partial charge in [-0.3, -0.25) is 4.79 Å². The van der Waals surface area contributed by atoms with Gasteiger partial charge in [0.05, 0.1) is 19.8 Å². The van der Waals surface area contributed by atoms with Crippen LogP contribution >= 0.6 is 11.3 Å². The van der Waals surface area contributed by atoms with Crippen LogP contribution in [-0.2, 0) is 13.0 Å². The first-order valence-electron chi connectivity index (χ1n) is 6.78. The number of amides is 1. The summed E-state index contributed by atoms with van der Waals surface area (Å²) >= 11 is 1.54. The lowest BCUT2D eigenvalue weighted by Crippen LogP contribution is -2.35. The molecule has 1 aliphatic rings. The van der Waals surface area contributed by atoms with E-state index in [4.69, 9.17) is 9.47 Å². The topological polar surface area (TPSA) is 38.8 Å². The molecular weight excluding hydrogens is 286 g/mol. The van der Waals surface area contributed by atoms with E-state index >= 15 is 0 Å². The smallest absolute Gasteiger partial charge is 0.255 e. The quantitative estimate of drug-likeness (QED) is 0.875. The van der Waals surface area contributed by atoms with Crippen molar-refractivity contribution in [3.05, 3.63) is 45.6 Å². The third-order valence-corrected chi connectivity index (χ3v) is 4.46. The van der Waals surface area contributed by atoms with Gasteiger partial charge >= 0.3 is 0 Å². The van der Waals surface area contributed by atoms with E-state index < -0.39 is 0 Å². The standard InChI is InChI=1S/C16H17NO3S/c1-19-14-7-11-3-5-17(9-13(11)8-15(14)20-2)16(18)12-4-6-21-10-12/h4,6-8,10H,3,5,9H2,1-2H3. The molecule has 4 nitrogen and oxygen atoms in total. The Bertz CT molecular complexity index is 652. The fraction of sp³-hybridized carbons (Fsp3) is 0.312. The minimum Gasteiger partial charge on any atom is -0.493 e. The lowest BCUT2D eigenvalue weighted by Gasteiger charge is -2.29. The Hall–Kier alpha value is -2.01. The van der Waals surface area contributed by atoms with E-state index in [9.17, 15) is 4.79 Å². The fourth-order valence-corrected chi connectivity index (χ4v) is 3.26. The van der Waals surface area contributed by atoms with Crippen LogP contribution in [0.3, 0.4) is 0 Å². The van der Waals surface area contributed by atoms with Crippen molar-refractivity contribution in [2.75, 3.05) is 20.8 Å². The van der Waals surface area contributed by atoms with E-state index in [0.29, 0.717) is 12.3 Å². The highest BCUT2D eigenvalue weighted by Gasteiger charge is 2.23. The molecule has 3 rings (SSSR count). The molecule has 0 radical (unpaired) electrons. The number of hydrogen-bond donors (Lipinski definition) is 0. The van der Waals surface area contributed by atoms with Gasteiger partial charge < -0.3 is 14.4 Å². The monoisotopic (exact) mass is 303 g/mol. The highest BCUT2D eigenvalue weighted by atomic mass is 32.1. The van der Waals surface area contributed by atoms with Gasteiger partial charge in [0.15, 0.2) is 11.5 Å². The molecule has 0 saturated heterocycles. The van der Waals surface area contributed by atoms with Crippen LogP contribution in [0, 0.1) is 0 Å². The normalized spacial score (nSPS) is 13.7. The summed E-state index contributed by atoms with van der Waals surface area (Å²) in [6.07, 6.45) is 0.839. The molecule has 1 aliphatic heterocycles. The van der Waals surface area contributed by atoms with Gasteiger partial charge in [0.25, 0.3) is 5.91 Å². The molecule has 110 valence electrons. The number of rotatable bonds is 3. The summed E-state index contributed by atoms with van der Waals surface area (Å²) < 4.78 is 10.7. The van der Waals surface area contributed by atoms with Crippen LogP contribution in [0.1, 0.15) is 21.5 Å². The summed E-state index contributed by atoms with van der Waals surface area (Å²) in [5.74, 6) is 1.55. The number of nitrogens with zero attached hydrogens (tertiary/aromatic N) is 1. The third-order valence-electron chi connectivity index (χ3n) is 3.77. The van der Waals surface area contributed by atoms with Crippen LogP contribution in [-0.4, -0.2) is 31.6 Å². The van der Waals surface area contributed by atoms with Gasteiger partial charge in [0, 0.05) is 18.5 Å². The Morgan fingerprint density at radius 1 is 1.19 bits per heavy atom. The van der Waals surface area contributed by atoms with Crippen molar-refractivity contribution >= 4 is 17.2 Å². The maximum absolute atomic E-state index is 12.4. The minimum absolute atomic E-state index is 0.0942. The number of benzene rings is 1. The Morgan fingerprint density at radius 3 is 2.52 bits per heavy atom. The number of carbonyl (C=O) groups excluding carboxylic acids is 1. The highest BCUT2D eigenvalue weighted by Crippen LogP contribution is 2.33. The van der Waals surface area contributed by atoms with Gasteiger partial charge in [-0.1, -0.05) is 0 Å². The molecule has 1 aromatic heterocycles. The van der Waals surface area contributed by atoms with Crippen LogP contribution in [0.2, 0.25) is 0 Å². The van der Waals surface area contributed by atoms with Crippen LogP contribution < -0.4 is 9.47 Å². The zero-order valence-electron chi connectivity index (χ0n) is 12.1. The molecule has 0 atom stereocenters. The molecule has 0 unspecified atom stereocenters. The van der Waals surface area contributed by atoms with Crippen molar-refractivity contribution in [1.82, 2.24) is 4.90 Å². The van der Waals surface area contributed by atoms with Gasteiger partial charge in [-0.2, -0.15) is 11.3 Å². The van der Waals surface area contributed by atoms with Crippen molar-refractivity contribution in [1.29, 1.82) is 0 Å². The lowest BCUT2D eigenvalue weighted by atomic mass is 9.98. The Morgan fingerprint density at radius 2 is 1.90 bits per heavy atom. The number of carbonyl (C=O) groups is 1. The Balaban J connectivity index is 1.86. The maximum Gasteiger partial charge on any atom is 0.255 e. The van der Waals surface area contributed by atoms with Crippen LogP contribution in [0.5, 0.6) is 11.5 Å². The summed E-state index contributed by atoms with van der Waals surface area (Å²) in [5, 5.41) is 3.82. The number of ether oxygens (including phenoxy) is 2. The van der Waals surface area contributed by atoms with Crippen molar-refractivity contribution < 1.29 is 14.3 Å². The molecule has 0 N–H and O–H groups in total. The zero-order valence-corrected chi connectivity index (χ0v) is 12.9. The van der Waals surface area contributed by atoms with E-state index in [0.717, 1.165) is 29.8 Å². The second kappa shape index (κ2) is 5.77. The molecule has 5 heteroatoms. The van der Waals surface area contributed by atoms with Crippen molar-refractivity contribution in [3.63, 3.8) is 0 Å². The predicted octanol–water partition coefficient (Wildman–Crippen LogP) is 2.96. The van der Waals surface area contributed by atoms with Gasteiger partial charge in [0.2, 0.25) is 0 Å². The van der Waals surface area contributed by atoms with Gasteiger partial charge in [0.1, 0.15) is 0 Å². The molecule has 0 aliphatic carbocycles. The zero-order chi connectivity index (χ0) is 14.8. The van der Waals surface area contributed by atoms with E-state index in [1.165, 1.54) is 5.56 Å². The highest BCUT2D eigenvalue weighted by molar-refractivity contribution is 7.08. The van der Waals surface area contributed by atoms with Crippen molar-refractivity contribution in [2.24, 2.45) is 0 Å². The average molecular weight is 303 g/mol. The SMILES string of the molecule is COc1cc2c(cc1OC)CN(C(=O)c1ccsc1)CC2. The molecule has 1 aromatic carbocycles. The number of thiophene rings is 1. The molecule has 2 aromatic rings. The second-order valence-electron chi connectivity index (χ2n) is 4.96. The summed E-state index contributed by atoms with van der Waals surface area (Å²) in [6.45, 7) is 1.35. The van der Waals surface area contributed by atoms with E-state index in [-0.39, 0.29) is 5.91 Å². The minimum atomic E-state index is 0.0942. The first-order chi connectivity index (χ1) is 10.2. The van der Waals surface area contributed by atoms with Gasteiger partial charge in [-0.25, -0.2) is 0 Å². The molecule has 0 spiro atoms. The third kappa shape index (κ3) is 2.61. The molecule has 2 heterocycles. The summed E-state index contributed by atoms with van der Waals surface area (Å²) in [7, 11) is 3.26. The van der Waals surface area contributed by atoms with Crippen LogP contribution in [0.25, 0.3) is 0 Å². The van der Waals surface area contributed by atoms with Crippen molar-refractivity contribution in [2.45, 2.75) is 13.0 Å². The average Bonchev–Trinajstić information content (AvgIpc) is 3.06. The second-order valence-corrected chi connectivity index (χ2v) is 5.74. The number of hydrogen-bond acceptors (Lipinski definition) is 4. The molecule has 21 heavy (non-hydrogen) atoms. The summed E-state index contributed by atoms with van der Waals surface area (Å²) in [5.41, 5.74) is 3.12. The molecular formula is C16H17NO3S. The Kier molecular flexibility index (Phi) is 3.84. The lowest BCUT2D eigenvalue weighted by molar-refractivity contribution is 0.0735. The first kappa shape index (κ1) is 13.9. The van der Waals surface area contributed by atoms with E-state index in [2.05, 4.69) is 0 Å². The van der Waals surface area contributed by atoms with Gasteiger partial charge in [-0.15, -0.1) is 0 Å². The Labute approximate surface area is 127 Å². The molecule has 0 bridgehead atoms. The predicted molar refractivity (Wildman–Crippen MR) is 82.3 cm³/mol. The molecule has 0 fully saturated rings. The van der Waals surface area contributed by atoms with Crippen LogP contribution in [0.4, 0.5) is 0 Å². The summed E-state index contributed by atoms with van der Waals surface area (Å²) in [4.78, 5) is 14.3. The van der Waals surface area contributed by atoms with Crippen LogP contribution in [0.15, 0.2) is 29.0 Å². The first-order valence-corrected chi connectivity index (χ1v) is 7.72. The van der Waals surface area contributed by atoms with Crippen molar-refractivity contribution in [3.8, 4) is 11.5 Å². The van der Waals surface area contributed by atoms with E-state index in [1.54, 1.807) is 25.6 Å². The maximum atomic E-state index is 12.4. The van der Waals surface area contributed by atoms with Gasteiger partial charge in [-0.05, 0) is 41.1 Å². The number of methoxy groups -OCH3 is 2. The molecule has 1 amide bonds. The largest absolute Gasteiger partial charge is 0.493 e. The van der Waals surface area contributed by atoms with E-state index in [1.807, 2.05) is 33.9 Å². The number of fused-ring (bicyclic) bond motifs is 1. The fourth-order valence-electron chi connectivity index (χ4n) is 2.63. The molecule has 0 saturated carbocycles. The summed E-state index contributed by atoms with van der Waals surface area (Å²) in [6, 6.07) is 5.86.